The van der Waals surface area contributed by atoms with Crippen molar-refractivity contribution in [1.82, 2.24) is 30.0 Å². The van der Waals surface area contributed by atoms with Gasteiger partial charge in [0.05, 0.1) is 0 Å². The van der Waals surface area contributed by atoms with Crippen LogP contribution in [0.3, 0.4) is 0 Å². The van der Waals surface area contributed by atoms with Crippen LogP contribution in [0.1, 0.15) is 12.2 Å². The van der Waals surface area contributed by atoms with Gasteiger partial charge in [0, 0.05) is 49.9 Å². The van der Waals surface area contributed by atoms with E-state index < -0.39 is 0 Å². The Bertz CT molecular complexity index is 1690. The average Bonchev–Trinajstić information content (AvgIpc) is 3.76. The Balaban J connectivity index is 1.14. The summed E-state index contributed by atoms with van der Waals surface area (Å²) < 4.78 is 12.1. The smallest absolute Gasteiger partial charge is 0.264 e. The van der Waals surface area contributed by atoms with Crippen LogP contribution in [0.15, 0.2) is 84.8 Å². The van der Waals surface area contributed by atoms with Gasteiger partial charge in [0.15, 0.2) is 11.5 Å². The molecule has 0 aliphatic carbocycles. The first-order valence-corrected chi connectivity index (χ1v) is 12.7. The average molecular weight is 533 g/mol. The van der Waals surface area contributed by atoms with Gasteiger partial charge in [0.1, 0.15) is 45.9 Å². The van der Waals surface area contributed by atoms with Crippen LogP contribution in [-0.2, 0) is 4.79 Å². The third-order valence-corrected chi connectivity index (χ3v) is 6.42. The number of aromatic amines is 2. The van der Waals surface area contributed by atoms with Gasteiger partial charge >= 0.3 is 0 Å². The summed E-state index contributed by atoms with van der Waals surface area (Å²) in [6, 6.07) is 20.6. The quantitative estimate of drug-likeness (QED) is 0.189. The van der Waals surface area contributed by atoms with Gasteiger partial charge < -0.3 is 24.7 Å². The number of pyridine rings is 1. The molecule has 1 unspecified atom stereocenters. The van der Waals surface area contributed by atoms with E-state index in [1.54, 1.807) is 29.6 Å². The minimum atomic E-state index is -0.333. The number of hydrogen-bond acceptors (Lipinski definition) is 8. The van der Waals surface area contributed by atoms with E-state index in [1.807, 2.05) is 60.7 Å². The molecule has 2 aromatic carbocycles. The van der Waals surface area contributed by atoms with Gasteiger partial charge in [-0.3, -0.25) is 9.89 Å². The van der Waals surface area contributed by atoms with Gasteiger partial charge in [-0.1, -0.05) is 18.2 Å². The molecule has 1 saturated heterocycles. The maximum absolute atomic E-state index is 13.0. The second-order valence-corrected chi connectivity index (χ2v) is 9.12. The number of rotatable bonds is 8. The molecule has 0 saturated carbocycles. The molecule has 5 aromatic rings. The van der Waals surface area contributed by atoms with Crippen molar-refractivity contribution in [2.75, 3.05) is 18.4 Å². The van der Waals surface area contributed by atoms with Crippen LogP contribution in [0.2, 0.25) is 0 Å². The number of hydrogen-bond donors (Lipinski definition) is 3. The summed E-state index contributed by atoms with van der Waals surface area (Å²) in [5.41, 5.74) is 0.601. The second kappa shape index (κ2) is 11.0. The monoisotopic (exact) mass is 532 g/mol. The molecule has 6 rings (SSSR count). The summed E-state index contributed by atoms with van der Waals surface area (Å²) in [4.78, 5) is 25.9. The number of benzene rings is 2. The van der Waals surface area contributed by atoms with Crippen molar-refractivity contribution in [3.05, 3.63) is 90.7 Å². The second-order valence-electron chi connectivity index (χ2n) is 9.12. The van der Waals surface area contributed by atoms with Crippen molar-refractivity contribution in [2.45, 2.75) is 12.5 Å². The number of para-hydroxylation sites is 1. The van der Waals surface area contributed by atoms with Crippen molar-refractivity contribution >= 4 is 28.8 Å². The third kappa shape index (κ3) is 5.32. The molecule has 1 atom stereocenters. The van der Waals surface area contributed by atoms with Crippen LogP contribution in [0, 0.1) is 11.3 Å². The zero-order valence-corrected chi connectivity index (χ0v) is 21.2. The topological polar surface area (TPSA) is 145 Å². The molecule has 1 aliphatic heterocycles. The van der Waals surface area contributed by atoms with Crippen LogP contribution in [-0.4, -0.2) is 55.1 Å². The zero-order chi connectivity index (χ0) is 27.3. The normalized spacial score (nSPS) is 15.1. The fraction of sp³-hybridized carbons (Fsp3) is 0.138. The number of carbonyl (C=O) groups excluding carboxylic acids is 1. The van der Waals surface area contributed by atoms with Gasteiger partial charge in [-0.25, -0.2) is 9.97 Å². The van der Waals surface area contributed by atoms with Crippen LogP contribution >= 0.6 is 0 Å². The van der Waals surface area contributed by atoms with Crippen LogP contribution in [0.25, 0.3) is 17.1 Å². The predicted molar refractivity (Wildman–Crippen MR) is 148 cm³/mol. The highest BCUT2D eigenvalue weighted by atomic mass is 16.5. The van der Waals surface area contributed by atoms with Gasteiger partial charge in [-0.2, -0.15) is 10.4 Å². The molecule has 198 valence electrons. The lowest BCUT2D eigenvalue weighted by Crippen LogP contribution is -2.32. The van der Waals surface area contributed by atoms with Gasteiger partial charge in [-0.15, -0.1) is 0 Å². The highest BCUT2D eigenvalue weighted by molar-refractivity contribution is 6.01. The number of fused-ring (bicyclic) bond motifs is 1. The number of anilines is 1. The highest BCUT2D eigenvalue weighted by Crippen LogP contribution is 2.34. The SMILES string of the molecule is N#C/C(=C/c1ncc[nH]1)C(=O)N1CCC(Nc2n[nH]c3nccc(Oc4ccc(Oc5ccccc5)cc4)c23)C1. The van der Waals surface area contributed by atoms with E-state index in [9.17, 15) is 10.1 Å². The number of nitrogens with zero attached hydrogens (tertiary/aromatic N) is 5. The maximum Gasteiger partial charge on any atom is 0.264 e. The van der Waals surface area contributed by atoms with E-state index >= 15 is 0 Å². The van der Waals surface area contributed by atoms with E-state index in [0.29, 0.717) is 59.4 Å². The number of nitrogens with one attached hydrogen (secondary N) is 3. The number of imidazole rings is 1. The van der Waals surface area contributed by atoms with E-state index in [2.05, 4.69) is 30.5 Å². The summed E-state index contributed by atoms with van der Waals surface area (Å²) >= 11 is 0. The fourth-order valence-electron chi connectivity index (χ4n) is 4.50. The van der Waals surface area contributed by atoms with Crippen molar-refractivity contribution in [3.63, 3.8) is 0 Å². The minimum absolute atomic E-state index is 0.0286. The molecular weight excluding hydrogens is 508 g/mol. The zero-order valence-electron chi connectivity index (χ0n) is 21.2. The maximum atomic E-state index is 13.0. The third-order valence-electron chi connectivity index (χ3n) is 6.42. The van der Waals surface area contributed by atoms with Gasteiger partial charge in [0.25, 0.3) is 5.91 Å². The molecule has 11 heteroatoms. The summed E-state index contributed by atoms with van der Waals surface area (Å²) in [5.74, 6) is 3.37. The lowest BCUT2D eigenvalue weighted by molar-refractivity contribution is -0.125. The molecule has 40 heavy (non-hydrogen) atoms. The number of nitriles is 1. The summed E-state index contributed by atoms with van der Waals surface area (Å²) in [5, 5.41) is 21.0. The van der Waals surface area contributed by atoms with Crippen LogP contribution in [0.5, 0.6) is 23.0 Å². The molecular formula is C29H24N8O3. The van der Waals surface area contributed by atoms with Crippen molar-refractivity contribution in [1.29, 1.82) is 5.26 Å². The van der Waals surface area contributed by atoms with Gasteiger partial charge in [-0.05, 0) is 42.8 Å². The number of ether oxygens (including phenoxy) is 2. The summed E-state index contributed by atoms with van der Waals surface area (Å²) in [7, 11) is 0. The Kier molecular flexibility index (Phi) is 6.79. The molecule has 1 fully saturated rings. The van der Waals surface area contributed by atoms with Crippen molar-refractivity contribution in [3.8, 4) is 29.1 Å². The number of likely N-dealkylation sites (tertiary alicyclic amines) is 1. The Labute approximate surface area is 229 Å². The fourth-order valence-corrected chi connectivity index (χ4v) is 4.50. The first kappa shape index (κ1) is 24.7. The largest absolute Gasteiger partial charge is 0.457 e. The molecule has 1 aliphatic rings. The predicted octanol–water partition coefficient (Wildman–Crippen LogP) is 4.89. The number of H-pyrrole nitrogens is 2. The summed E-state index contributed by atoms with van der Waals surface area (Å²) in [6.45, 7) is 0.929. The van der Waals surface area contributed by atoms with E-state index in [0.717, 1.165) is 5.75 Å². The number of carbonyl (C=O) groups is 1. The number of amides is 1. The first-order valence-electron chi connectivity index (χ1n) is 12.7. The van der Waals surface area contributed by atoms with E-state index in [-0.39, 0.29) is 17.5 Å². The van der Waals surface area contributed by atoms with E-state index in [4.69, 9.17) is 9.47 Å². The minimum Gasteiger partial charge on any atom is -0.457 e. The lowest BCUT2D eigenvalue weighted by Gasteiger charge is -2.17. The number of aromatic nitrogens is 5. The van der Waals surface area contributed by atoms with Crippen molar-refractivity contribution in [2.24, 2.45) is 0 Å². The molecule has 3 aromatic heterocycles. The molecule has 11 nitrogen and oxygen atoms in total. The van der Waals surface area contributed by atoms with Gasteiger partial charge in [0.2, 0.25) is 0 Å². The molecule has 0 bridgehead atoms. The molecule has 4 heterocycles. The first-order chi connectivity index (χ1) is 19.7. The lowest BCUT2D eigenvalue weighted by atomic mass is 10.2. The Morgan fingerprint density at radius 3 is 2.55 bits per heavy atom. The molecule has 1 amide bonds. The molecule has 0 radical (unpaired) electrons. The Morgan fingerprint density at radius 2 is 1.80 bits per heavy atom. The standard InChI is InChI=1S/C29H24N8O3/c30-17-19(16-25-31-13-14-32-25)29(38)37-15-11-20(18-37)34-28-26-24(10-12-33-27(26)35-36-28)40-23-8-6-22(7-9-23)39-21-4-2-1-3-5-21/h1-10,12-14,16,20H,11,15,18H2,(H,31,32)(H2,33,34,35,36)/b19-16-. The molecule has 0 spiro atoms. The highest BCUT2D eigenvalue weighted by Gasteiger charge is 2.29. The molecule has 3 N–H and O–H groups in total. The van der Waals surface area contributed by atoms with Crippen molar-refractivity contribution < 1.29 is 14.3 Å². The Morgan fingerprint density at radius 1 is 1.02 bits per heavy atom. The van der Waals surface area contributed by atoms with Crippen LogP contribution in [0.4, 0.5) is 5.82 Å². The Hall–Kier alpha value is -5.63. The van der Waals surface area contributed by atoms with E-state index in [1.165, 1.54) is 6.08 Å². The summed E-state index contributed by atoms with van der Waals surface area (Å²) in [6.07, 6.45) is 7.01. The van der Waals surface area contributed by atoms with Crippen LogP contribution < -0.4 is 14.8 Å².